The number of nitrogens with one attached hydrogen (secondary N) is 1. The number of aryl methyl sites for hydroxylation is 1. The molecule has 0 saturated carbocycles. The number of carbonyl (C=O) groups is 1. The van der Waals surface area contributed by atoms with E-state index < -0.39 is 0 Å². The van der Waals surface area contributed by atoms with Gasteiger partial charge in [0.25, 0.3) is 0 Å². The lowest BCUT2D eigenvalue weighted by atomic mass is 10.1. The Kier molecular flexibility index (Phi) is 5.50. The molecule has 1 saturated heterocycles. The number of hydrogen-bond acceptors (Lipinski definition) is 5. The minimum absolute atomic E-state index is 0.0299. The molecule has 1 unspecified atom stereocenters. The molecule has 1 heterocycles. The van der Waals surface area contributed by atoms with Crippen molar-refractivity contribution in [2.24, 2.45) is 10.2 Å². The minimum Gasteiger partial charge on any atom is -0.496 e. The van der Waals surface area contributed by atoms with Gasteiger partial charge in [-0.3, -0.25) is 4.79 Å². The van der Waals surface area contributed by atoms with Crippen LogP contribution in [0.5, 0.6) is 5.75 Å². The van der Waals surface area contributed by atoms with Gasteiger partial charge in [0.05, 0.1) is 18.6 Å². The van der Waals surface area contributed by atoms with Gasteiger partial charge in [0, 0.05) is 5.56 Å². The highest BCUT2D eigenvalue weighted by atomic mass is 32.2. The van der Waals surface area contributed by atoms with Gasteiger partial charge in [-0.15, -0.1) is 5.10 Å². The summed E-state index contributed by atoms with van der Waals surface area (Å²) in [6.45, 7) is 2.05. The molecule has 1 atom stereocenters. The number of hydrogen-bond donors (Lipinski definition) is 1. The molecule has 2 aromatic rings. The van der Waals surface area contributed by atoms with Gasteiger partial charge in [0.15, 0.2) is 5.17 Å². The quantitative estimate of drug-likeness (QED) is 0.663. The number of ether oxygens (including phenoxy) is 1. The van der Waals surface area contributed by atoms with E-state index in [4.69, 9.17) is 4.74 Å². The van der Waals surface area contributed by atoms with Crippen molar-refractivity contribution in [3.63, 3.8) is 0 Å². The smallest absolute Gasteiger partial charge is 0.239 e. The van der Waals surface area contributed by atoms with Crippen LogP contribution in [-0.2, 0) is 11.2 Å². The Balaban J connectivity index is 1.65. The standard InChI is InChI=1S/C19H19N3O2S/c1-13-6-5-7-14(10-13)11-17-18(23)21-19(25-17)22-20-12-15-8-3-4-9-16(15)24-2/h3-10,12,17H,11H2,1-2H3,(H,21,22,23). The third-order valence-electron chi connectivity index (χ3n) is 3.76. The number of benzene rings is 2. The predicted molar refractivity (Wildman–Crippen MR) is 102 cm³/mol. The first-order valence-electron chi connectivity index (χ1n) is 7.93. The van der Waals surface area contributed by atoms with Gasteiger partial charge in [-0.25, -0.2) is 0 Å². The summed E-state index contributed by atoms with van der Waals surface area (Å²) < 4.78 is 5.26. The number of methoxy groups -OCH3 is 1. The SMILES string of the molecule is COc1ccccc1C=N/N=C1\NC(=O)C(Cc2cccc(C)c2)S1. The topological polar surface area (TPSA) is 63.1 Å². The Bertz CT molecular complexity index is 833. The van der Waals surface area contributed by atoms with Crippen LogP contribution in [0.15, 0.2) is 58.7 Å². The maximum Gasteiger partial charge on any atom is 0.239 e. The van der Waals surface area contributed by atoms with Gasteiger partial charge < -0.3 is 10.1 Å². The van der Waals surface area contributed by atoms with Crippen LogP contribution in [0, 0.1) is 6.92 Å². The van der Waals surface area contributed by atoms with E-state index in [1.54, 1.807) is 13.3 Å². The third kappa shape index (κ3) is 4.48. The molecule has 1 N–H and O–H groups in total. The molecule has 1 amide bonds. The molecule has 0 radical (unpaired) electrons. The molecule has 0 bridgehead atoms. The van der Waals surface area contributed by atoms with E-state index in [9.17, 15) is 4.79 Å². The van der Waals surface area contributed by atoms with Gasteiger partial charge >= 0.3 is 0 Å². The lowest BCUT2D eigenvalue weighted by molar-refractivity contribution is -0.118. The molecule has 5 nitrogen and oxygen atoms in total. The number of nitrogens with zero attached hydrogens (tertiary/aromatic N) is 2. The molecule has 25 heavy (non-hydrogen) atoms. The maximum absolute atomic E-state index is 12.1. The Morgan fingerprint density at radius 1 is 1.24 bits per heavy atom. The Morgan fingerprint density at radius 2 is 2.08 bits per heavy atom. The molecule has 0 aliphatic carbocycles. The van der Waals surface area contributed by atoms with E-state index in [-0.39, 0.29) is 11.2 Å². The third-order valence-corrected chi connectivity index (χ3v) is 4.84. The van der Waals surface area contributed by atoms with Crippen molar-refractivity contribution in [2.45, 2.75) is 18.6 Å². The monoisotopic (exact) mass is 353 g/mol. The van der Waals surface area contributed by atoms with Gasteiger partial charge in [0.1, 0.15) is 5.75 Å². The van der Waals surface area contributed by atoms with Gasteiger partial charge in [-0.1, -0.05) is 53.7 Å². The zero-order chi connectivity index (χ0) is 17.6. The van der Waals surface area contributed by atoms with Crippen LogP contribution in [-0.4, -0.2) is 29.6 Å². The van der Waals surface area contributed by atoms with Crippen molar-refractivity contribution >= 4 is 29.1 Å². The molecule has 3 rings (SSSR count). The fourth-order valence-electron chi connectivity index (χ4n) is 2.56. The summed E-state index contributed by atoms with van der Waals surface area (Å²) in [5.74, 6) is 0.699. The van der Waals surface area contributed by atoms with Crippen molar-refractivity contribution in [1.29, 1.82) is 0 Å². The normalized spacial score (nSPS) is 18.7. The average Bonchev–Trinajstić information content (AvgIpc) is 2.95. The highest BCUT2D eigenvalue weighted by molar-refractivity contribution is 8.15. The van der Waals surface area contributed by atoms with E-state index in [1.165, 1.54) is 17.3 Å². The average molecular weight is 353 g/mol. The van der Waals surface area contributed by atoms with E-state index in [0.717, 1.165) is 16.9 Å². The van der Waals surface area contributed by atoms with Crippen LogP contribution in [0.2, 0.25) is 0 Å². The molecule has 0 aromatic heterocycles. The summed E-state index contributed by atoms with van der Waals surface area (Å²) in [5, 5.41) is 11.3. The summed E-state index contributed by atoms with van der Waals surface area (Å²) >= 11 is 1.41. The lowest BCUT2D eigenvalue weighted by Gasteiger charge is -2.05. The largest absolute Gasteiger partial charge is 0.496 e. The molecular formula is C19H19N3O2S. The summed E-state index contributed by atoms with van der Waals surface area (Å²) in [6, 6.07) is 15.7. The van der Waals surface area contributed by atoms with Gasteiger partial charge in [0.2, 0.25) is 5.91 Å². The summed E-state index contributed by atoms with van der Waals surface area (Å²) in [5.41, 5.74) is 3.17. The van der Waals surface area contributed by atoms with Crippen molar-refractivity contribution in [3.05, 3.63) is 65.2 Å². The maximum atomic E-state index is 12.1. The fourth-order valence-corrected chi connectivity index (χ4v) is 3.52. The Labute approximate surface area is 151 Å². The summed E-state index contributed by atoms with van der Waals surface area (Å²) in [7, 11) is 1.61. The van der Waals surface area contributed by atoms with E-state index >= 15 is 0 Å². The second kappa shape index (κ2) is 7.98. The van der Waals surface area contributed by atoms with Crippen molar-refractivity contribution in [2.75, 3.05) is 7.11 Å². The highest BCUT2D eigenvalue weighted by Crippen LogP contribution is 2.24. The predicted octanol–water partition coefficient (Wildman–Crippen LogP) is 3.17. The molecule has 1 aliphatic heterocycles. The molecule has 1 fully saturated rings. The molecule has 0 spiro atoms. The summed E-state index contributed by atoms with van der Waals surface area (Å²) in [4.78, 5) is 12.1. The van der Waals surface area contributed by atoms with Crippen molar-refractivity contribution in [3.8, 4) is 5.75 Å². The Morgan fingerprint density at radius 3 is 2.88 bits per heavy atom. The number of thioether (sulfide) groups is 1. The first-order chi connectivity index (χ1) is 12.2. The Hall–Kier alpha value is -2.60. The first-order valence-corrected chi connectivity index (χ1v) is 8.81. The number of para-hydroxylation sites is 1. The molecule has 2 aromatic carbocycles. The van der Waals surface area contributed by atoms with Crippen LogP contribution in [0.25, 0.3) is 0 Å². The zero-order valence-corrected chi connectivity index (χ0v) is 14.9. The van der Waals surface area contributed by atoms with E-state index in [2.05, 4.69) is 21.6 Å². The lowest BCUT2D eigenvalue weighted by Crippen LogP contribution is -2.25. The van der Waals surface area contributed by atoms with Crippen LogP contribution in [0.3, 0.4) is 0 Å². The van der Waals surface area contributed by atoms with Crippen molar-refractivity contribution in [1.82, 2.24) is 5.32 Å². The fraction of sp³-hybridized carbons (Fsp3) is 0.211. The van der Waals surface area contributed by atoms with Crippen LogP contribution < -0.4 is 10.1 Å². The molecular weight excluding hydrogens is 334 g/mol. The summed E-state index contributed by atoms with van der Waals surface area (Å²) in [6.07, 6.45) is 2.29. The highest BCUT2D eigenvalue weighted by Gasteiger charge is 2.30. The van der Waals surface area contributed by atoms with E-state index in [0.29, 0.717) is 11.6 Å². The second-order valence-corrected chi connectivity index (χ2v) is 6.87. The second-order valence-electron chi connectivity index (χ2n) is 5.68. The number of carbonyl (C=O) groups excluding carboxylic acids is 1. The zero-order valence-electron chi connectivity index (χ0n) is 14.1. The van der Waals surface area contributed by atoms with Crippen LogP contribution in [0.4, 0.5) is 0 Å². The van der Waals surface area contributed by atoms with Crippen LogP contribution >= 0.6 is 11.8 Å². The first kappa shape index (κ1) is 17.2. The number of rotatable bonds is 5. The number of amidine groups is 1. The van der Waals surface area contributed by atoms with Crippen molar-refractivity contribution < 1.29 is 9.53 Å². The van der Waals surface area contributed by atoms with E-state index in [1.807, 2.05) is 49.4 Å². The van der Waals surface area contributed by atoms with Gasteiger partial charge in [-0.2, -0.15) is 5.10 Å². The molecule has 128 valence electrons. The minimum atomic E-state index is -0.179. The molecule has 6 heteroatoms. The number of amides is 1. The van der Waals surface area contributed by atoms with Gasteiger partial charge in [-0.05, 0) is 31.0 Å². The van der Waals surface area contributed by atoms with Crippen LogP contribution in [0.1, 0.15) is 16.7 Å². The molecule has 1 aliphatic rings.